The van der Waals surface area contributed by atoms with Crippen LogP contribution in [0.1, 0.15) is 32.6 Å². The minimum Gasteiger partial charge on any atom is -0.337 e. The third-order valence-electron chi connectivity index (χ3n) is 3.11. The van der Waals surface area contributed by atoms with Gasteiger partial charge in [-0.25, -0.2) is 4.68 Å². The van der Waals surface area contributed by atoms with Gasteiger partial charge in [-0.1, -0.05) is 17.8 Å². The maximum Gasteiger partial charge on any atom is 0.233 e. The standard InChI is InChI=1S/C14H21N5OS2/c1-10(2)19(11(3)4)13(20)9-22-14-15-16-17-18(14)8-12-6-5-7-21-12/h5-7,10-11H,8-9H2,1-4H3. The van der Waals surface area contributed by atoms with Crippen molar-refractivity contribution in [2.24, 2.45) is 0 Å². The molecule has 0 aliphatic carbocycles. The Balaban J connectivity index is 1.97. The van der Waals surface area contributed by atoms with Crippen LogP contribution in [0.3, 0.4) is 0 Å². The molecule has 0 aliphatic rings. The van der Waals surface area contributed by atoms with E-state index in [1.54, 1.807) is 16.0 Å². The molecule has 0 spiro atoms. The molecule has 0 saturated carbocycles. The maximum atomic E-state index is 12.4. The van der Waals surface area contributed by atoms with Gasteiger partial charge >= 0.3 is 0 Å². The average Bonchev–Trinajstić information content (AvgIpc) is 3.08. The van der Waals surface area contributed by atoms with E-state index in [1.165, 1.54) is 16.6 Å². The van der Waals surface area contributed by atoms with Gasteiger partial charge in [0.2, 0.25) is 11.1 Å². The number of thioether (sulfide) groups is 1. The van der Waals surface area contributed by atoms with Crippen molar-refractivity contribution >= 4 is 29.0 Å². The number of tetrazole rings is 1. The van der Waals surface area contributed by atoms with Crippen LogP contribution in [0.4, 0.5) is 0 Å². The van der Waals surface area contributed by atoms with Crippen LogP contribution in [0.2, 0.25) is 0 Å². The number of rotatable bonds is 7. The van der Waals surface area contributed by atoms with Crippen molar-refractivity contribution < 1.29 is 4.79 Å². The molecular weight excluding hydrogens is 318 g/mol. The molecule has 22 heavy (non-hydrogen) atoms. The molecule has 0 atom stereocenters. The Morgan fingerprint density at radius 3 is 2.68 bits per heavy atom. The van der Waals surface area contributed by atoms with Crippen LogP contribution in [0.5, 0.6) is 0 Å². The summed E-state index contributed by atoms with van der Waals surface area (Å²) in [7, 11) is 0. The van der Waals surface area contributed by atoms with E-state index in [2.05, 4.69) is 15.5 Å². The summed E-state index contributed by atoms with van der Waals surface area (Å²) in [6.07, 6.45) is 0. The molecular formula is C14H21N5OS2. The predicted molar refractivity (Wildman–Crippen MR) is 89.1 cm³/mol. The Hall–Kier alpha value is -1.41. The molecule has 6 nitrogen and oxygen atoms in total. The maximum absolute atomic E-state index is 12.4. The number of carbonyl (C=O) groups is 1. The number of carbonyl (C=O) groups excluding carboxylic acids is 1. The van der Waals surface area contributed by atoms with Crippen LogP contribution in [0.15, 0.2) is 22.7 Å². The van der Waals surface area contributed by atoms with Crippen molar-refractivity contribution in [2.75, 3.05) is 5.75 Å². The first-order valence-corrected chi connectivity index (χ1v) is 9.08. The second kappa shape index (κ2) is 7.73. The molecule has 0 unspecified atom stereocenters. The summed E-state index contributed by atoms with van der Waals surface area (Å²) in [6.45, 7) is 8.76. The van der Waals surface area contributed by atoms with Gasteiger partial charge in [-0.05, 0) is 49.6 Å². The lowest BCUT2D eigenvalue weighted by atomic mass is 10.2. The van der Waals surface area contributed by atoms with Gasteiger partial charge in [0.05, 0.1) is 12.3 Å². The highest BCUT2D eigenvalue weighted by Crippen LogP contribution is 2.18. The van der Waals surface area contributed by atoms with E-state index in [0.29, 0.717) is 17.5 Å². The number of hydrogen-bond donors (Lipinski definition) is 0. The van der Waals surface area contributed by atoms with E-state index in [4.69, 9.17) is 0 Å². The van der Waals surface area contributed by atoms with E-state index < -0.39 is 0 Å². The molecule has 120 valence electrons. The first-order valence-electron chi connectivity index (χ1n) is 7.21. The van der Waals surface area contributed by atoms with Crippen LogP contribution in [0, 0.1) is 0 Å². The van der Waals surface area contributed by atoms with E-state index in [9.17, 15) is 4.79 Å². The highest BCUT2D eigenvalue weighted by atomic mass is 32.2. The summed E-state index contributed by atoms with van der Waals surface area (Å²) in [6, 6.07) is 4.43. The van der Waals surface area contributed by atoms with Gasteiger partial charge in [0, 0.05) is 17.0 Å². The number of thiophene rings is 1. The fraction of sp³-hybridized carbons (Fsp3) is 0.571. The van der Waals surface area contributed by atoms with Gasteiger partial charge in [-0.3, -0.25) is 4.79 Å². The Morgan fingerprint density at radius 1 is 1.36 bits per heavy atom. The van der Waals surface area contributed by atoms with E-state index in [0.717, 1.165) is 0 Å². The van der Waals surface area contributed by atoms with E-state index >= 15 is 0 Å². The van der Waals surface area contributed by atoms with Crippen molar-refractivity contribution in [2.45, 2.75) is 51.5 Å². The van der Waals surface area contributed by atoms with Crippen LogP contribution in [-0.2, 0) is 11.3 Å². The summed E-state index contributed by atoms with van der Waals surface area (Å²) < 4.78 is 1.73. The van der Waals surface area contributed by atoms with Crippen molar-refractivity contribution in [3.63, 3.8) is 0 Å². The van der Waals surface area contributed by atoms with Gasteiger partial charge in [-0.15, -0.1) is 16.4 Å². The molecule has 8 heteroatoms. The summed E-state index contributed by atoms with van der Waals surface area (Å²) >= 11 is 3.05. The van der Waals surface area contributed by atoms with Crippen LogP contribution in [0.25, 0.3) is 0 Å². The monoisotopic (exact) mass is 339 g/mol. The Bertz CT molecular complexity index is 586. The lowest BCUT2D eigenvalue weighted by Gasteiger charge is -2.30. The fourth-order valence-electron chi connectivity index (χ4n) is 2.32. The molecule has 2 aromatic heterocycles. The summed E-state index contributed by atoms with van der Waals surface area (Å²) in [4.78, 5) is 15.5. The van der Waals surface area contributed by atoms with E-state index in [-0.39, 0.29) is 18.0 Å². The topological polar surface area (TPSA) is 63.9 Å². The SMILES string of the molecule is CC(C)N(C(=O)CSc1nnnn1Cc1cccs1)C(C)C. The Labute approximate surface area is 138 Å². The predicted octanol–water partition coefficient (Wildman–Crippen LogP) is 2.52. The molecule has 0 aromatic carbocycles. The second-order valence-electron chi connectivity index (χ2n) is 5.48. The minimum absolute atomic E-state index is 0.112. The molecule has 2 rings (SSSR count). The third-order valence-corrected chi connectivity index (χ3v) is 4.91. The molecule has 0 fully saturated rings. The van der Waals surface area contributed by atoms with Gasteiger partial charge in [0.1, 0.15) is 0 Å². The Morgan fingerprint density at radius 2 is 2.09 bits per heavy atom. The number of nitrogens with zero attached hydrogens (tertiary/aromatic N) is 5. The minimum atomic E-state index is 0.112. The largest absolute Gasteiger partial charge is 0.337 e. The third kappa shape index (κ3) is 4.30. The van der Waals surface area contributed by atoms with Crippen molar-refractivity contribution in [3.05, 3.63) is 22.4 Å². The second-order valence-corrected chi connectivity index (χ2v) is 7.45. The number of aromatic nitrogens is 4. The molecule has 0 radical (unpaired) electrons. The first-order chi connectivity index (χ1) is 10.5. The smallest absolute Gasteiger partial charge is 0.233 e. The molecule has 0 saturated heterocycles. The van der Waals surface area contributed by atoms with Crippen LogP contribution < -0.4 is 0 Å². The fourth-order valence-corrected chi connectivity index (χ4v) is 3.75. The highest BCUT2D eigenvalue weighted by molar-refractivity contribution is 7.99. The molecule has 0 bridgehead atoms. The molecule has 0 N–H and O–H groups in total. The lowest BCUT2D eigenvalue weighted by Crippen LogP contribution is -2.43. The number of hydrogen-bond acceptors (Lipinski definition) is 6. The zero-order chi connectivity index (χ0) is 16.1. The summed E-state index contributed by atoms with van der Waals surface area (Å²) in [5, 5.41) is 14.4. The lowest BCUT2D eigenvalue weighted by molar-refractivity contribution is -0.131. The van der Waals surface area contributed by atoms with Gasteiger partial charge in [0.25, 0.3) is 0 Å². The summed E-state index contributed by atoms with van der Waals surface area (Å²) in [5.41, 5.74) is 0. The van der Waals surface area contributed by atoms with E-state index in [1.807, 2.05) is 50.1 Å². The quantitative estimate of drug-likeness (QED) is 0.725. The van der Waals surface area contributed by atoms with Crippen molar-refractivity contribution in [1.29, 1.82) is 0 Å². The molecule has 0 aliphatic heterocycles. The zero-order valence-electron chi connectivity index (χ0n) is 13.3. The van der Waals surface area contributed by atoms with Crippen molar-refractivity contribution in [1.82, 2.24) is 25.1 Å². The van der Waals surface area contributed by atoms with Crippen molar-refractivity contribution in [3.8, 4) is 0 Å². The molecule has 2 aromatic rings. The molecule has 2 heterocycles. The van der Waals surface area contributed by atoms with Crippen LogP contribution in [-0.4, -0.2) is 48.9 Å². The first kappa shape index (κ1) is 17.0. The van der Waals surface area contributed by atoms with Gasteiger partial charge < -0.3 is 4.90 Å². The zero-order valence-corrected chi connectivity index (χ0v) is 14.9. The molecule has 1 amide bonds. The van der Waals surface area contributed by atoms with Crippen LogP contribution >= 0.6 is 23.1 Å². The number of amides is 1. The normalized spacial score (nSPS) is 11.4. The Kier molecular flexibility index (Phi) is 5.96. The van der Waals surface area contributed by atoms with Gasteiger partial charge in [-0.2, -0.15) is 0 Å². The summed E-state index contributed by atoms with van der Waals surface area (Å²) in [5.74, 6) is 0.460. The average molecular weight is 339 g/mol. The van der Waals surface area contributed by atoms with Gasteiger partial charge in [0.15, 0.2) is 0 Å². The highest BCUT2D eigenvalue weighted by Gasteiger charge is 2.21.